The molecule has 0 saturated carbocycles. The molecule has 1 N–H and O–H groups in total. The summed E-state index contributed by atoms with van der Waals surface area (Å²) in [7, 11) is 2.13. The van der Waals surface area contributed by atoms with E-state index in [1.807, 2.05) is 0 Å². The van der Waals surface area contributed by atoms with Crippen molar-refractivity contribution in [3.05, 3.63) is 0 Å². The smallest absolute Gasteiger partial charge is 0.0305 e. The van der Waals surface area contributed by atoms with Gasteiger partial charge in [0, 0.05) is 11.6 Å². The van der Waals surface area contributed by atoms with Crippen molar-refractivity contribution in [2.24, 2.45) is 5.92 Å². The van der Waals surface area contributed by atoms with Crippen LogP contribution in [-0.4, -0.2) is 36.6 Å². The Bertz CT molecular complexity index is 209. The van der Waals surface area contributed by atoms with Crippen molar-refractivity contribution in [3.63, 3.8) is 0 Å². The third-order valence-electron chi connectivity index (χ3n) is 4.89. The molecule has 2 heteroatoms. The van der Waals surface area contributed by atoms with Crippen molar-refractivity contribution in [1.29, 1.82) is 0 Å². The largest absolute Gasteiger partial charge is 0.315 e. The lowest BCUT2D eigenvalue weighted by Gasteiger charge is -2.44. The van der Waals surface area contributed by atoms with Crippen LogP contribution < -0.4 is 5.32 Å². The van der Waals surface area contributed by atoms with E-state index in [2.05, 4.69) is 58.8 Å². The van der Waals surface area contributed by atoms with Crippen LogP contribution in [0.15, 0.2) is 0 Å². The van der Waals surface area contributed by atoms with Crippen molar-refractivity contribution in [2.45, 2.75) is 85.2 Å². The van der Waals surface area contributed by atoms with Crippen molar-refractivity contribution < 1.29 is 0 Å². The van der Waals surface area contributed by atoms with Gasteiger partial charge in [-0.1, -0.05) is 53.4 Å². The van der Waals surface area contributed by atoms with Gasteiger partial charge < -0.3 is 5.32 Å². The fraction of sp³-hybridized carbons (Fsp3) is 1.00. The molecule has 0 aliphatic carbocycles. The highest BCUT2D eigenvalue weighted by atomic mass is 15.2. The predicted octanol–water partition coefficient (Wildman–Crippen LogP) is 4.30. The van der Waals surface area contributed by atoms with E-state index in [0.717, 1.165) is 19.0 Å². The highest BCUT2D eigenvalue weighted by molar-refractivity contribution is 4.93. The summed E-state index contributed by atoms with van der Waals surface area (Å²) in [4.78, 5) is 2.58. The topological polar surface area (TPSA) is 15.3 Å². The van der Waals surface area contributed by atoms with Gasteiger partial charge >= 0.3 is 0 Å². The fourth-order valence-corrected chi connectivity index (χ4v) is 3.33. The summed E-state index contributed by atoms with van der Waals surface area (Å²) in [5.74, 6) is 0.868. The van der Waals surface area contributed by atoms with Crippen LogP contribution in [-0.2, 0) is 0 Å². The number of likely N-dealkylation sites (N-methyl/N-ethyl adjacent to an activating group) is 2. The molecule has 2 unspecified atom stereocenters. The van der Waals surface area contributed by atoms with E-state index in [1.165, 1.54) is 32.1 Å². The molecule has 0 rings (SSSR count). The Hall–Kier alpha value is -0.0800. The van der Waals surface area contributed by atoms with Gasteiger partial charge in [-0.15, -0.1) is 0 Å². The average molecular weight is 271 g/mol. The zero-order chi connectivity index (χ0) is 14.9. The third-order valence-corrected chi connectivity index (χ3v) is 4.89. The summed E-state index contributed by atoms with van der Waals surface area (Å²) in [5, 5.41) is 3.59. The Morgan fingerprint density at radius 3 is 2.00 bits per heavy atom. The summed E-state index contributed by atoms with van der Waals surface area (Å²) >= 11 is 0. The minimum Gasteiger partial charge on any atom is -0.315 e. The van der Waals surface area contributed by atoms with Crippen molar-refractivity contribution in [3.8, 4) is 0 Å². The molecular weight excluding hydrogens is 232 g/mol. The van der Waals surface area contributed by atoms with Gasteiger partial charge in [-0.3, -0.25) is 4.90 Å². The van der Waals surface area contributed by atoms with Crippen LogP contribution in [0.3, 0.4) is 0 Å². The summed E-state index contributed by atoms with van der Waals surface area (Å²) in [6, 6.07) is 0.578. The maximum Gasteiger partial charge on any atom is 0.0305 e. The van der Waals surface area contributed by atoms with Crippen LogP contribution in [0.5, 0.6) is 0 Å². The summed E-state index contributed by atoms with van der Waals surface area (Å²) in [6.07, 6.45) is 6.70. The van der Waals surface area contributed by atoms with Crippen LogP contribution in [0.25, 0.3) is 0 Å². The Kier molecular flexibility index (Phi) is 9.72. The predicted molar refractivity (Wildman–Crippen MR) is 87.8 cm³/mol. The molecule has 0 bridgehead atoms. The van der Waals surface area contributed by atoms with Gasteiger partial charge in [0.05, 0.1) is 0 Å². The van der Waals surface area contributed by atoms with E-state index in [4.69, 9.17) is 0 Å². The van der Waals surface area contributed by atoms with Gasteiger partial charge in [0.2, 0.25) is 0 Å². The monoisotopic (exact) mass is 270 g/mol. The molecular formula is C17H38N2. The first kappa shape index (κ1) is 18.9. The molecule has 116 valence electrons. The van der Waals surface area contributed by atoms with Gasteiger partial charge in [-0.25, -0.2) is 0 Å². The molecule has 0 radical (unpaired) electrons. The number of hydrogen-bond acceptors (Lipinski definition) is 2. The van der Waals surface area contributed by atoms with Crippen molar-refractivity contribution in [1.82, 2.24) is 10.2 Å². The van der Waals surface area contributed by atoms with Gasteiger partial charge in [-0.05, 0) is 46.3 Å². The van der Waals surface area contributed by atoms with Gasteiger partial charge in [-0.2, -0.15) is 0 Å². The lowest BCUT2D eigenvalue weighted by molar-refractivity contribution is 0.0818. The zero-order valence-corrected chi connectivity index (χ0v) is 14.6. The maximum absolute atomic E-state index is 3.59. The summed E-state index contributed by atoms with van der Waals surface area (Å²) in [6.45, 7) is 16.2. The van der Waals surface area contributed by atoms with Crippen LogP contribution in [0, 0.1) is 5.92 Å². The van der Waals surface area contributed by atoms with Crippen LogP contribution in [0.1, 0.15) is 73.6 Å². The first-order valence-electron chi connectivity index (χ1n) is 8.39. The Morgan fingerprint density at radius 1 is 1.05 bits per heavy atom. The molecule has 0 aromatic rings. The third kappa shape index (κ3) is 5.83. The second-order valence-electron chi connectivity index (χ2n) is 6.32. The van der Waals surface area contributed by atoms with Crippen molar-refractivity contribution >= 4 is 0 Å². The fourth-order valence-electron chi connectivity index (χ4n) is 3.33. The number of nitrogens with zero attached hydrogens (tertiary/aromatic N) is 1. The number of nitrogens with one attached hydrogen (secondary N) is 1. The maximum atomic E-state index is 3.59. The van der Waals surface area contributed by atoms with E-state index in [9.17, 15) is 0 Å². The second kappa shape index (κ2) is 9.77. The molecule has 0 aromatic carbocycles. The lowest BCUT2D eigenvalue weighted by atomic mass is 9.82. The Morgan fingerprint density at radius 2 is 1.63 bits per heavy atom. The minimum atomic E-state index is 0.234. The quantitative estimate of drug-likeness (QED) is 0.602. The molecule has 0 amide bonds. The summed E-state index contributed by atoms with van der Waals surface area (Å²) in [5.41, 5.74) is 0.234. The Balaban J connectivity index is 4.69. The van der Waals surface area contributed by atoms with E-state index >= 15 is 0 Å². The highest BCUT2D eigenvalue weighted by Crippen LogP contribution is 2.27. The molecule has 0 fully saturated rings. The minimum absolute atomic E-state index is 0.234. The molecule has 0 aliphatic rings. The number of unbranched alkanes of at least 4 members (excludes halogenated alkanes) is 1. The molecule has 0 aromatic heterocycles. The van der Waals surface area contributed by atoms with E-state index in [-0.39, 0.29) is 5.54 Å². The number of rotatable bonds is 11. The molecule has 0 heterocycles. The molecule has 0 spiro atoms. The second-order valence-corrected chi connectivity index (χ2v) is 6.32. The molecule has 19 heavy (non-hydrogen) atoms. The molecule has 2 nitrogen and oxygen atoms in total. The average Bonchev–Trinajstić information content (AvgIpc) is 2.40. The van der Waals surface area contributed by atoms with Crippen LogP contribution in [0.2, 0.25) is 0 Å². The normalized spacial score (nSPS) is 15.8. The SMILES string of the molecule is CCCCC(CC)CC(NC)C(C)(C)N(CC)CC. The van der Waals surface area contributed by atoms with Crippen LogP contribution >= 0.6 is 0 Å². The molecule has 0 aliphatic heterocycles. The van der Waals surface area contributed by atoms with E-state index in [1.54, 1.807) is 0 Å². The first-order valence-corrected chi connectivity index (χ1v) is 8.39. The van der Waals surface area contributed by atoms with Gasteiger partial charge in [0.1, 0.15) is 0 Å². The standard InChI is InChI=1S/C17H38N2/c1-8-12-13-15(9-2)14-16(18-7)17(5,6)19(10-3)11-4/h15-16,18H,8-14H2,1-7H3. The highest BCUT2D eigenvalue weighted by Gasteiger charge is 2.33. The van der Waals surface area contributed by atoms with Crippen molar-refractivity contribution in [2.75, 3.05) is 20.1 Å². The Labute approximate surface area is 122 Å². The van der Waals surface area contributed by atoms with Gasteiger partial charge in [0.15, 0.2) is 0 Å². The molecule has 2 atom stereocenters. The zero-order valence-electron chi connectivity index (χ0n) is 14.6. The van der Waals surface area contributed by atoms with Crippen LogP contribution in [0.4, 0.5) is 0 Å². The number of hydrogen-bond donors (Lipinski definition) is 1. The molecule has 0 saturated heterocycles. The van der Waals surface area contributed by atoms with E-state index in [0.29, 0.717) is 6.04 Å². The van der Waals surface area contributed by atoms with Gasteiger partial charge in [0.25, 0.3) is 0 Å². The lowest BCUT2D eigenvalue weighted by Crippen LogP contribution is -2.57. The van der Waals surface area contributed by atoms with E-state index < -0.39 is 0 Å². The summed E-state index contributed by atoms with van der Waals surface area (Å²) < 4.78 is 0. The first-order chi connectivity index (χ1) is 8.97.